The van der Waals surface area contributed by atoms with Crippen molar-refractivity contribution in [1.82, 2.24) is 10.3 Å². The number of aldehydes is 1. The van der Waals surface area contributed by atoms with Crippen LogP contribution >= 0.6 is 11.6 Å². The van der Waals surface area contributed by atoms with Gasteiger partial charge in [0.15, 0.2) is 6.61 Å². The number of ether oxygens (including phenoxy) is 1. The lowest BCUT2D eigenvalue weighted by Gasteiger charge is -2.19. The van der Waals surface area contributed by atoms with E-state index in [-0.39, 0.29) is 18.6 Å². The molecule has 1 amide bonds. The third kappa shape index (κ3) is 4.48. The van der Waals surface area contributed by atoms with Crippen molar-refractivity contribution in [2.75, 3.05) is 24.6 Å². The van der Waals surface area contributed by atoms with Crippen LogP contribution in [0.5, 0.6) is 5.75 Å². The lowest BCUT2D eigenvalue weighted by Crippen LogP contribution is -2.39. The Kier molecular flexibility index (Phi) is 5.50. The van der Waals surface area contributed by atoms with Crippen molar-refractivity contribution < 1.29 is 14.3 Å². The number of hydrogen-bond donors (Lipinski definition) is 1. The number of hydrogen-bond acceptors (Lipinski definition) is 5. The number of anilines is 1. The third-order valence-corrected chi connectivity index (χ3v) is 4.25. The summed E-state index contributed by atoms with van der Waals surface area (Å²) in [6, 6.07) is 10.3. The molecule has 0 saturated carbocycles. The Morgan fingerprint density at radius 2 is 2.28 bits per heavy atom. The van der Waals surface area contributed by atoms with E-state index in [9.17, 15) is 9.59 Å². The highest BCUT2D eigenvalue weighted by molar-refractivity contribution is 6.32. The summed E-state index contributed by atoms with van der Waals surface area (Å²) in [4.78, 5) is 29.2. The van der Waals surface area contributed by atoms with Gasteiger partial charge in [-0.3, -0.25) is 9.59 Å². The SMILES string of the molecule is O=Cc1cccc(OCC(=O)NC2CCN(c3ncccc3Cl)C2)c1. The summed E-state index contributed by atoms with van der Waals surface area (Å²) in [5.41, 5.74) is 0.511. The third-order valence-electron chi connectivity index (χ3n) is 3.96. The zero-order valence-electron chi connectivity index (χ0n) is 13.5. The molecule has 0 radical (unpaired) electrons. The molecule has 1 fully saturated rings. The number of benzene rings is 1. The quantitative estimate of drug-likeness (QED) is 0.801. The molecule has 2 aromatic rings. The van der Waals surface area contributed by atoms with Crippen molar-refractivity contribution in [2.45, 2.75) is 12.5 Å². The summed E-state index contributed by atoms with van der Waals surface area (Å²) in [5.74, 6) is 1.03. The highest BCUT2D eigenvalue weighted by Gasteiger charge is 2.26. The topological polar surface area (TPSA) is 71.5 Å². The number of pyridine rings is 1. The lowest BCUT2D eigenvalue weighted by molar-refractivity contribution is -0.123. The highest BCUT2D eigenvalue weighted by Crippen LogP contribution is 2.25. The number of carbonyl (C=O) groups excluding carboxylic acids is 2. The highest BCUT2D eigenvalue weighted by atomic mass is 35.5. The van der Waals surface area contributed by atoms with E-state index in [1.165, 1.54) is 0 Å². The summed E-state index contributed by atoms with van der Waals surface area (Å²) in [6.07, 6.45) is 3.26. The Bertz CT molecular complexity index is 769. The maximum Gasteiger partial charge on any atom is 0.258 e. The zero-order chi connectivity index (χ0) is 17.6. The predicted octanol–water partition coefficient (Wildman–Crippen LogP) is 2.32. The van der Waals surface area contributed by atoms with Crippen LogP contribution < -0.4 is 15.0 Å². The van der Waals surface area contributed by atoms with E-state index in [0.717, 1.165) is 25.1 Å². The van der Waals surface area contributed by atoms with Gasteiger partial charge in [0.1, 0.15) is 17.9 Å². The minimum absolute atomic E-state index is 0.0236. The van der Waals surface area contributed by atoms with Crippen LogP contribution in [-0.4, -0.2) is 42.9 Å². The first-order chi connectivity index (χ1) is 12.2. The van der Waals surface area contributed by atoms with Crippen molar-refractivity contribution in [3.05, 3.63) is 53.2 Å². The van der Waals surface area contributed by atoms with Crippen molar-refractivity contribution in [3.8, 4) is 5.75 Å². The molecule has 25 heavy (non-hydrogen) atoms. The van der Waals surface area contributed by atoms with Crippen molar-refractivity contribution in [2.24, 2.45) is 0 Å². The first-order valence-corrected chi connectivity index (χ1v) is 8.36. The van der Waals surface area contributed by atoms with E-state index < -0.39 is 0 Å². The maximum absolute atomic E-state index is 12.1. The van der Waals surface area contributed by atoms with Crippen LogP contribution in [0.15, 0.2) is 42.6 Å². The van der Waals surface area contributed by atoms with E-state index in [0.29, 0.717) is 22.9 Å². The Hall–Kier alpha value is -2.60. The smallest absolute Gasteiger partial charge is 0.258 e. The molecule has 3 rings (SSSR count). The molecule has 1 aromatic carbocycles. The second-order valence-electron chi connectivity index (χ2n) is 5.79. The van der Waals surface area contributed by atoms with Gasteiger partial charge in [0, 0.05) is 30.9 Å². The Labute approximate surface area is 150 Å². The van der Waals surface area contributed by atoms with Crippen LogP contribution in [0.1, 0.15) is 16.8 Å². The fraction of sp³-hybridized carbons (Fsp3) is 0.278. The number of nitrogens with zero attached hydrogens (tertiary/aromatic N) is 2. The molecule has 1 unspecified atom stereocenters. The largest absolute Gasteiger partial charge is 0.484 e. The molecule has 0 aliphatic carbocycles. The molecule has 1 aliphatic heterocycles. The second kappa shape index (κ2) is 7.98. The Morgan fingerprint density at radius 3 is 3.08 bits per heavy atom. The van der Waals surface area contributed by atoms with E-state index in [2.05, 4.69) is 15.2 Å². The molecule has 7 heteroatoms. The summed E-state index contributed by atoms with van der Waals surface area (Å²) >= 11 is 6.16. The summed E-state index contributed by atoms with van der Waals surface area (Å²) in [5, 5.41) is 3.56. The number of carbonyl (C=O) groups is 2. The molecule has 1 N–H and O–H groups in total. The molecule has 1 saturated heterocycles. The van der Waals surface area contributed by atoms with Gasteiger partial charge in [0.25, 0.3) is 5.91 Å². The second-order valence-corrected chi connectivity index (χ2v) is 6.19. The van der Waals surface area contributed by atoms with E-state index in [1.54, 1.807) is 42.6 Å². The summed E-state index contributed by atoms with van der Waals surface area (Å²) in [6.45, 7) is 1.34. The minimum atomic E-state index is -0.199. The molecule has 2 heterocycles. The van der Waals surface area contributed by atoms with Crippen LogP contribution in [0.25, 0.3) is 0 Å². The molecular weight excluding hydrogens is 342 g/mol. The zero-order valence-corrected chi connectivity index (χ0v) is 14.3. The van der Waals surface area contributed by atoms with Gasteiger partial charge in [-0.05, 0) is 30.7 Å². The Balaban J connectivity index is 1.49. The fourth-order valence-corrected chi connectivity index (χ4v) is 3.02. The van der Waals surface area contributed by atoms with E-state index >= 15 is 0 Å². The molecule has 1 aliphatic rings. The number of rotatable bonds is 6. The molecule has 1 aromatic heterocycles. The van der Waals surface area contributed by atoms with Gasteiger partial charge in [0.2, 0.25) is 0 Å². The van der Waals surface area contributed by atoms with Crippen molar-refractivity contribution in [1.29, 1.82) is 0 Å². The van der Waals surface area contributed by atoms with Crippen molar-refractivity contribution >= 4 is 29.6 Å². The minimum Gasteiger partial charge on any atom is -0.484 e. The molecule has 0 spiro atoms. The summed E-state index contributed by atoms with van der Waals surface area (Å²) in [7, 11) is 0. The first kappa shape index (κ1) is 17.2. The van der Waals surface area contributed by atoms with Gasteiger partial charge in [-0.15, -0.1) is 0 Å². The molecule has 0 bridgehead atoms. The average Bonchev–Trinajstić information content (AvgIpc) is 3.08. The monoisotopic (exact) mass is 359 g/mol. The van der Waals surface area contributed by atoms with Crippen LogP contribution in [0.4, 0.5) is 5.82 Å². The number of halogens is 1. The standard InChI is InChI=1S/C18H18ClN3O3/c19-16-5-2-7-20-18(16)22-8-6-14(10-22)21-17(24)12-25-15-4-1-3-13(9-15)11-23/h1-5,7,9,11,14H,6,8,10,12H2,(H,21,24). The van der Waals surface area contributed by atoms with Crippen LogP contribution in [-0.2, 0) is 4.79 Å². The lowest BCUT2D eigenvalue weighted by atomic mass is 10.2. The van der Waals surface area contributed by atoms with E-state index in [1.807, 2.05) is 0 Å². The maximum atomic E-state index is 12.1. The fourth-order valence-electron chi connectivity index (χ4n) is 2.78. The van der Waals surface area contributed by atoms with Gasteiger partial charge in [0.05, 0.1) is 5.02 Å². The number of nitrogens with one attached hydrogen (secondary N) is 1. The number of amides is 1. The first-order valence-electron chi connectivity index (χ1n) is 7.98. The van der Waals surface area contributed by atoms with Crippen LogP contribution in [0, 0.1) is 0 Å². The number of aromatic nitrogens is 1. The summed E-state index contributed by atoms with van der Waals surface area (Å²) < 4.78 is 5.43. The van der Waals surface area contributed by atoms with Gasteiger partial charge < -0.3 is 15.0 Å². The van der Waals surface area contributed by atoms with Crippen LogP contribution in [0.2, 0.25) is 5.02 Å². The van der Waals surface area contributed by atoms with Crippen molar-refractivity contribution in [3.63, 3.8) is 0 Å². The Morgan fingerprint density at radius 1 is 1.40 bits per heavy atom. The normalized spacial score (nSPS) is 16.5. The predicted molar refractivity (Wildman–Crippen MR) is 95.3 cm³/mol. The van der Waals surface area contributed by atoms with Gasteiger partial charge in [-0.1, -0.05) is 23.7 Å². The van der Waals surface area contributed by atoms with Gasteiger partial charge >= 0.3 is 0 Å². The van der Waals surface area contributed by atoms with E-state index in [4.69, 9.17) is 16.3 Å². The van der Waals surface area contributed by atoms with Gasteiger partial charge in [-0.25, -0.2) is 4.98 Å². The van der Waals surface area contributed by atoms with Crippen LogP contribution in [0.3, 0.4) is 0 Å². The molecule has 1 atom stereocenters. The molecule has 6 nitrogen and oxygen atoms in total. The average molecular weight is 360 g/mol. The molecular formula is C18H18ClN3O3. The van der Waals surface area contributed by atoms with Gasteiger partial charge in [-0.2, -0.15) is 0 Å². The molecule has 130 valence electrons.